The van der Waals surface area contributed by atoms with E-state index in [0.29, 0.717) is 18.1 Å². The van der Waals surface area contributed by atoms with Gasteiger partial charge in [0.25, 0.3) is 0 Å². The third-order valence-corrected chi connectivity index (χ3v) is 3.04. The minimum absolute atomic E-state index is 0.0455. The fourth-order valence-electron chi connectivity index (χ4n) is 2.03. The van der Waals surface area contributed by atoms with E-state index in [2.05, 4.69) is 5.32 Å². The van der Waals surface area contributed by atoms with Crippen molar-refractivity contribution in [1.29, 1.82) is 0 Å². The topological polar surface area (TPSA) is 32.3 Å². The van der Waals surface area contributed by atoms with Gasteiger partial charge in [0.2, 0.25) is 0 Å². The predicted molar refractivity (Wildman–Crippen MR) is 71.1 cm³/mol. The van der Waals surface area contributed by atoms with Crippen LogP contribution in [0.2, 0.25) is 0 Å². The molecular weight excluding hydrogens is 267 g/mol. The van der Waals surface area contributed by atoms with Gasteiger partial charge in [0.15, 0.2) is 11.6 Å². The van der Waals surface area contributed by atoms with Gasteiger partial charge in [0, 0.05) is 17.7 Å². The van der Waals surface area contributed by atoms with Crippen molar-refractivity contribution in [2.45, 2.75) is 19.4 Å². The van der Waals surface area contributed by atoms with Crippen LogP contribution in [0, 0.1) is 17.5 Å². The normalized spacial score (nSPS) is 12.2. The molecule has 0 aliphatic rings. The summed E-state index contributed by atoms with van der Waals surface area (Å²) in [6.07, 6.45) is 0.509. The summed E-state index contributed by atoms with van der Waals surface area (Å²) < 4.78 is 39.9. The zero-order valence-electron chi connectivity index (χ0n) is 10.8. The highest BCUT2D eigenvalue weighted by molar-refractivity contribution is 5.49. The first-order valence-corrected chi connectivity index (χ1v) is 6.22. The number of benzene rings is 2. The maximum absolute atomic E-state index is 13.6. The van der Waals surface area contributed by atoms with Crippen LogP contribution in [0.5, 0.6) is 5.75 Å². The van der Waals surface area contributed by atoms with E-state index in [1.807, 2.05) is 6.92 Å². The molecule has 20 heavy (non-hydrogen) atoms. The molecule has 2 N–H and O–H groups in total. The molecular formula is C15H14F3NO. The molecule has 1 unspecified atom stereocenters. The number of aromatic hydroxyl groups is 1. The minimum atomic E-state index is -1.25. The van der Waals surface area contributed by atoms with Gasteiger partial charge in [-0.25, -0.2) is 13.2 Å². The number of rotatable bonds is 4. The summed E-state index contributed by atoms with van der Waals surface area (Å²) in [5.74, 6) is -3.21. The van der Waals surface area contributed by atoms with E-state index in [-0.39, 0.29) is 11.4 Å². The Bertz CT molecular complexity index is 616. The van der Waals surface area contributed by atoms with Gasteiger partial charge in [0.1, 0.15) is 11.6 Å². The van der Waals surface area contributed by atoms with E-state index in [1.54, 1.807) is 18.2 Å². The van der Waals surface area contributed by atoms with Gasteiger partial charge in [-0.15, -0.1) is 0 Å². The van der Waals surface area contributed by atoms with E-state index >= 15 is 0 Å². The van der Waals surface area contributed by atoms with Crippen LogP contribution in [0.15, 0.2) is 36.4 Å². The predicted octanol–water partition coefficient (Wildman–Crippen LogP) is 4.37. The van der Waals surface area contributed by atoms with Gasteiger partial charge in [-0.3, -0.25) is 0 Å². The molecule has 0 aliphatic carbocycles. The lowest BCUT2D eigenvalue weighted by molar-refractivity contribution is 0.462. The number of hydrogen-bond donors (Lipinski definition) is 2. The second-order valence-electron chi connectivity index (χ2n) is 4.41. The maximum atomic E-state index is 13.6. The molecule has 0 heterocycles. The van der Waals surface area contributed by atoms with Gasteiger partial charge in [0.05, 0.1) is 11.7 Å². The molecule has 0 bridgehead atoms. The van der Waals surface area contributed by atoms with E-state index < -0.39 is 23.5 Å². The minimum Gasteiger partial charge on any atom is -0.508 e. The first-order chi connectivity index (χ1) is 9.52. The summed E-state index contributed by atoms with van der Waals surface area (Å²) >= 11 is 0. The van der Waals surface area contributed by atoms with Crippen LogP contribution in [0.1, 0.15) is 24.9 Å². The van der Waals surface area contributed by atoms with Crippen LogP contribution in [0.25, 0.3) is 0 Å². The third kappa shape index (κ3) is 2.87. The van der Waals surface area contributed by atoms with Crippen molar-refractivity contribution in [3.05, 3.63) is 59.4 Å². The van der Waals surface area contributed by atoms with Crippen LogP contribution in [0.4, 0.5) is 18.9 Å². The highest BCUT2D eigenvalue weighted by Crippen LogP contribution is 2.30. The fourth-order valence-corrected chi connectivity index (χ4v) is 2.03. The average molecular weight is 281 g/mol. The van der Waals surface area contributed by atoms with E-state index in [1.165, 1.54) is 6.07 Å². The number of nitrogens with one attached hydrogen (secondary N) is 1. The van der Waals surface area contributed by atoms with Gasteiger partial charge in [-0.2, -0.15) is 0 Å². The molecule has 0 saturated heterocycles. The van der Waals surface area contributed by atoms with Gasteiger partial charge in [-0.05, 0) is 12.5 Å². The molecule has 5 heteroatoms. The second-order valence-corrected chi connectivity index (χ2v) is 4.41. The number of hydrogen-bond acceptors (Lipinski definition) is 2. The van der Waals surface area contributed by atoms with Crippen molar-refractivity contribution < 1.29 is 18.3 Å². The van der Waals surface area contributed by atoms with Crippen LogP contribution >= 0.6 is 0 Å². The third-order valence-electron chi connectivity index (χ3n) is 3.04. The van der Waals surface area contributed by atoms with Gasteiger partial charge < -0.3 is 10.4 Å². The largest absolute Gasteiger partial charge is 0.508 e. The van der Waals surface area contributed by atoms with Crippen LogP contribution < -0.4 is 5.32 Å². The monoisotopic (exact) mass is 281 g/mol. The highest BCUT2D eigenvalue weighted by Gasteiger charge is 2.17. The van der Waals surface area contributed by atoms with Crippen molar-refractivity contribution in [1.82, 2.24) is 0 Å². The lowest BCUT2D eigenvalue weighted by Gasteiger charge is -2.20. The Morgan fingerprint density at radius 3 is 2.50 bits per heavy atom. The molecule has 0 amide bonds. The van der Waals surface area contributed by atoms with Crippen molar-refractivity contribution in [3.63, 3.8) is 0 Å². The van der Waals surface area contributed by atoms with Crippen molar-refractivity contribution in [3.8, 4) is 5.75 Å². The lowest BCUT2D eigenvalue weighted by Crippen LogP contribution is -2.12. The fraction of sp³-hybridized carbons (Fsp3) is 0.200. The van der Waals surface area contributed by atoms with Crippen LogP contribution in [-0.4, -0.2) is 5.11 Å². The summed E-state index contributed by atoms with van der Waals surface area (Å²) in [5, 5.41) is 12.5. The molecule has 2 aromatic carbocycles. The molecule has 0 saturated carbocycles. The second kappa shape index (κ2) is 5.86. The number of phenols is 1. The average Bonchev–Trinajstić information content (AvgIpc) is 2.42. The van der Waals surface area contributed by atoms with Crippen LogP contribution in [-0.2, 0) is 0 Å². The standard InChI is InChI=1S/C15H14F3NO/c1-2-12(10-5-3-4-6-14(10)20)19-13-8-9(16)7-11(17)15(13)18/h3-8,12,19-20H,2H2,1H3. The summed E-state index contributed by atoms with van der Waals surface area (Å²) in [5.41, 5.74) is 0.275. The van der Waals surface area contributed by atoms with Gasteiger partial charge >= 0.3 is 0 Å². The lowest BCUT2D eigenvalue weighted by atomic mass is 10.0. The SMILES string of the molecule is CCC(Nc1cc(F)cc(F)c1F)c1ccccc1O. The van der Waals surface area contributed by atoms with Crippen molar-refractivity contribution in [2.75, 3.05) is 5.32 Å². The molecule has 0 fully saturated rings. The molecule has 2 nitrogen and oxygen atoms in total. The van der Waals surface area contributed by atoms with Gasteiger partial charge in [-0.1, -0.05) is 25.1 Å². The Balaban J connectivity index is 2.34. The van der Waals surface area contributed by atoms with E-state index in [9.17, 15) is 18.3 Å². The van der Waals surface area contributed by atoms with E-state index in [4.69, 9.17) is 0 Å². The Morgan fingerprint density at radius 2 is 1.85 bits per heavy atom. The van der Waals surface area contributed by atoms with Crippen molar-refractivity contribution in [2.24, 2.45) is 0 Å². The Hall–Kier alpha value is -2.17. The molecule has 0 radical (unpaired) electrons. The summed E-state index contributed by atoms with van der Waals surface area (Å²) in [4.78, 5) is 0. The Kier molecular flexibility index (Phi) is 4.17. The smallest absolute Gasteiger partial charge is 0.182 e. The number of anilines is 1. The summed E-state index contributed by atoms with van der Waals surface area (Å²) in [6, 6.07) is 7.48. The molecule has 1 atom stereocenters. The number of para-hydroxylation sites is 1. The molecule has 0 aliphatic heterocycles. The quantitative estimate of drug-likeness (QED) is 0.815. The molecule has 2 aromatic rings. The highest BCUT2D eigenvalue weighted by atomic mass is 19.2. The zero-order valence-corrected chi connectivity index (χ0v) is 10.8. The number of halogens is 3. The summed E-state index contributed by atoms with van der Waals surface area (Å²) in [6.45, 7) is 1.82. The molecule has 0 spiro atoms. The first kappa shape index (κ1) is 14.2. The maximum Gasteiger partial charge on any atom is 0.182 e. The Morgan fingerprint density at radius 1 is 1.15 bits per heavy atom. The zero-order chi connectivity index (χ0) is 14.7. The molecule has 2 rings (SSSR count). The van der Waals surface area contributed by atoms with Crippen LogP contribution in [0.3, 0.4) is 0 Å². The number of phenolic OH excluding ortho intramolecular Hbond substituents is 1. The van der Waals surface area contributed by atoms with E-state index in [0.717, 1.165) is 6.07 Å². The Labute approximate surface area is 114 Å². The molecule has 0 aromatic heterocycles. The summed E-state index contributed by atoms with van der Waals surface area (Å²) in [7, 11) is 0. The first-order valence-electron chi connectivity index (χ1n) is 6.22. The molecule has 106 valence electrons. The van der Waals surface area contributed by atoms with Crippen molar-refractivity contribution >= 4 is 5.69 Å².